The van der Waals surface area contributed by atoms with E-state index in [2.05, 4.69) is 76.3 Å². The third kappa shape index (κ3) is 5.34. The second kappa shape index (κ2) is 12.2. The van der Waals surface area contributed by atoms with Crippen molar-refractivity contribution >= 4 is 29.0 Å². The topological polar surface area (TPSA) is 54.9 Å². The van der Waals surface area contributed by atoms with Crippen molar-refractivity contribution in [2.75, 3.05) is 5.75 Å². The molecule has 2 aromatic heterocycles. The fourth-order valence-electron chi connectivity index (χ4n) is 5.67. The highest BCUT2D eigenvalue weighted by molar-refractivity contribution is 8.01. The van der Waals surface area contributed by atoms with Gasteiger partial charge >= 0.3 is 0 Å². The van der Waals surface area contributed by atoms with E-state index in [1.807, 2.05) is 48.2 Å². The monoisotopic (exact) mass is 561 g/mol. The van der Waals surface area contributed by atoms with Crippen molar-refractivity contribution in [3.63, 3.8) is 0 Å². The summed E-state index contributed by atoms with van der Waals surface area (Å²) < 4.78 is 1.11. The third-order valence-corrected chi connectivity index (χ3v) is 9.69. The zero-order chi connectivity index (χ0) is 27.2. The predicted molar refractivity (Wildman–Crippen MR) is 165 cm³/mol. The van der Waals surface area contributed by atoms with Crippen LogP contribution in [-0.4, -0.2) is 21.6 Å². The van der Waals surface area contributed by atoms with E-state index >= 15 is 0 Å². The summed E-state index contributed by atoms with van der Waals surface area (Å²) in [6.07, 6.45) is 5.65. The summed E-state index contributed by atoms with van der Waals surface area (Å²) >= 11 is 3.54. The Hall–Kier alpha value is -3.74. The molecule has 2 heterocycles. The number of rotatable bonds is 11. The maximum atomic E-state index is 14.1. The van der Waals surface area contributed by atoms with Crippen LogP contribution in [0.2, 0.25) is 0 Å². The number of carbonyl (C=O) groups is 1. The van der Waals surface area contributed by atoms with Gasteiger partial charge in [0.2, 0.25) is 5.91 Å². The largest absolute Gasteiger partial charge is 0.349 e. The van der Waals surface area contributed by atoms with E-state index < -0.39 is 5.41 Å². The lowest BCUT2D eigenvalue weighted by atomic mass is 9.73. The van der Waals surface area contributed by atoms with Crippen LogP contribution in [0.25, 0.3) is 22.4 Å². The zero-order valence-electron chi connectivity index (χ0n) is 22.3. The van der Waals surface area contributed by atoms with Crippen molar-refractivity contribution in [3.8, 4) is 22.4 Å². The van der Waals surface area contributed by atoms with Crippen LogP contribution in [0.1, 0.15) is 42.5 Å². The Balaban J connectivity index is 1.14. The molecule has 5 aromatic rings. The van der Waals surface area contributed by atoms with Gasteiger partial charge in [-0.2, -0.15) is 0 Å². The molecule has 0 spiro atoms. The molecule has 0 aliphatic heterocycles. The first-order chi connectivity index (χ1) is 19.8. The average Bonchev–Trinajstić information content (AvgIpc) is 3.60. The first kappa shape index (κ1) is 26.5. The molecule has 6 heteroatoms. The van der Waals surface area contributed by atoms with Crippen molar-refractivity contribution < 1.29 is 4.79 Å². The molecule has 4 nitrogen and oxygen atoms in total. The van der Waals surface area contributed by atoms with Gasteiger partial charge in [0.15, 0.2) is 4.34 Å². The van der Waals surface area contributed by atoms with Crippen molar-refractivity contribution in [1.29, 1.82) is 0 Å². The number of benzene rings is 3. The molecule has 0 saturated heterocycles. The Morgan fingerprint density at radius 2 is 1.50 bits per heavy atom. The predicted octanol–water partition coefficient (Wildman–Crippen LogP) is 8.14. The molecule has 1 aliphatic carbocycles. The van der Waals surface area contributed by atoms with Gasteiger partial charge in [0.1, 0.15) is 5.41 Å². The molecule has 0 atom stereocenters. The fraction of sp³-hybridized carbons (Fsp3) is 0.206. The van der Waals surface area contributed by atoms with Crippen LogP contribution in [0.5, 0.6) is 0 Å². The number of aromatic nitrogens is 2. The molecule has 0 fully saturated rings. The molecular formula is C34H31N3OS2. The van der Waals surface area contributed by atoms with E-state index in [0.717, 1.165) is 63.9 Å². The lowest BCUT2D eigenvalue weighted by Gasteiger charge is -2.31. The number of fused-ring (bicyclic) bond motifs is 3. The second-order valence-electron chi connectivity index (χ2n) is 10.0. The molecule has 0 unspecified atom stereocenters. The summed E-state index contributed by atoms with van der Waals surface area (Å²) in [5.41, 5.74) is 6.93. The first-order valence-corrected chi connectivity index (χ1v) is 15.6. The highest BCUT2D eigenvalue weighted by Gasteiger charge is 2.48. The number of pyridine rings is 1. The van der Waals surface area contributed by atoms with E-state index in [0.29, 0.717) is 6.54 Å². The molecule has 3 aromatic carbocycles. The highest BCUT2D eigenvalue weighted by Crippen LogP contribution is 2.51. The van der Waals surface area contributed by atoms with Gasteiger partial charge in [-0.25, -0.2) is 4.98 Å². The summed E-state index contributed by atoms with van der Waals surface area (Å²) in [5, 5.41) is 5.38. The van der Waals surface area contributed by atoms with Gasteiger partial charge in [-0.3, -0.25) is 9.78 Å². The Bertz CT molecular complexity index is 1540. The molecule has 0 bridgehead atoms. The van der Waals surface area contributed by atoms with Crippen LogP contribution >= 0.6 is 23.1 Å². The molecule has 0 saturated carbocycles. The molecule has 1 N–H and O–H groups in total. The minimum Gasteiger partial charge on any atom is -0.349 e. The third-order valence-electron chi connectivity index (χ3n) is 7.58. The van der Waals surface area contributed by atoms with Crippen LogP contribution in [0.3, 0.4) is 0 Å². The van der Waals surface area contributed by atoms with Crippen molar-refractivity contribution in [3.05, 3.63) is 125 Å². The maximum absolute atomic E-state index is 14.1. The number of amides is 1. The summed E-state index contributed by atoms with van der Waals surface area (Å²) in [6, 6.07) is 33.0. The Morgan fingerprint density at radius 1 is 0.800 bits per heavy atom. The summed E-state index contributed by atoms with van der Waals surface area (Å²) in [7, 11) is 0. The number of hydrogen-bond acceptors (Lipinski definition) is 5. The quantitative estimate of drug-likeness (QED) is 0.131. The van der Waals surface area contributed by atoms with Crippen molar-refractivity contribution in [2.45, 2.75) is 42.0 Å². The number of nitrogens with one attached hydrogen (secondary N) is 1. The molecule has 0 radical (unpaired) electrons. The van der Waals surface area contributed by atoms with E-state index in [-0.39, 0.29) is 5.91 Å². The van der Waals surface area contributed by atoms with Gasteiger partial charge in [-0.15, -0.1) is 11.3 Å². The van der Waals surface area contributed by atoms with Crippen molar-refractivity contribution in [2.24, 2.45) is 0 Å². The van der Waals surface area contributed by atoms with Gasteiger partial charge in [0.05, 0.1) is 17.9 Å². The minimum absolute atomic E-state index is 0.0566. The lowest BCUT2D eigenvalue weighted by Crippen LogP contribution is -2.44. The van der Waals surface area contributed by atoms with Crippen LogP contribution < -0.4 is 5.32 Å². The number of carbonyl (C=O) groups excluding carboxylic acids is 1. The van der Waals surface area contributed by atoms with Gasteiger partial charge in [0, 0.05) is 22.9 Å². The summed E-state index contributed by atoms with van der Waals surface area (Å²) in [6.45, 7) is 0.418. The second-order valence-corrected chi connectivity index (χ2v) is 12.2. The molecule has 40 heavy (non-hydrogen) atoms. The molecule has 200 valence electrons. The molecule has 1 aliphatic rings. The van der Waals surface area contributed by atoms with E-state index in [9.17, 15) is 4.79 Å². The van der Waals surface area contributed by atoms with Crippen molar-refractivity contribution in [1.82, 2.24) is 15.3 Å². The van der Waals surface area contributed by atoms with Crippen LogP contribution in [-0.2, 0) is 16.8 Å². The maximum Gasteiger partial charge on any atom is 0.235 e. The van der Waals surface area contributed by atoms with Crippen LogP contribution in [0.4, 0.5) is 0 Å². The van der Waals surface area contributed by atoms with E-state index in [4.69, 9.17) is 4.98 Å². The lowest BCUT2D eigenvalue weighted by molar-refractivity contribution is -0.125. The standard InChI is InChI=1S/C34H31N3OS2/c38-32(36-23-26-15-9-11-21-35-26)34(29-18-7-5-16-27(29)28-17-6-8-19-30(28)34)20-10-2-12-22-39-33-37-31(24-40-33)25-13-3-1-4-14-25/h1,3-9,11,13-19,21,24H,2,10,12,20,22-23H2,(H,36,38). The van der Waals surface area contributed by atoms with E-state index in [1.165, 1.54) is 11.1 Å². The SMILES string of the molecule is O=C(NCc1ccccn1)C1(CCCCCSc2nc(-c3ccccc3)cs2)c2ccccc2-c2ccccc21. The number of thioether (sulfide) groups is 1. The molecule has 1 amide bonds. The van der Waals surface area contributed by atoms with Gasteiger partial charge in [0.25, 0.3) is 0 Å². The molecular weight excluding hydrogens is 531 g/mol. The Morgan fingerprint density at radius 3 is 2.23 bits per heavy atom. The minimum atomic E-state index is -0.699. The number of nitrogens with zero attached hydrogens (tertiary/aromatic N) is 2. The average molecular weight is 562 g/mol. The molecule has 6 rings (SSSR count). The summed E-state index contributed by atoms with van der Waals surface area (Å²) in [4.78, 5) is 23.4. The number of unbranched alkanes of at least 4 members (excludes halogenated alkanes) is 2. The number of hydrogen-bond donors (Lipinski definition) is 1. The Kier molecular flexibility index (Phi) is 8.07. The first-order valence-electron chi connectivity index (χ1n) is 13.8. The van der Waals surface area contributed by atoms with Gasteiger partial charge in [-0.05, 0) is 47.2 Å². The summed E-state index contributed by atoms with van der Waals surface area (Å²) in [5.74, 6) is 1.08. The fourth-order valence-corrected chi connectivity index (χ4v) is 7.58. The number of thiazole rings is 1. The smallest absolute Gasteiger partial charge is 0.235 e. The van der Waals surface area contributed by atoms with Gasteiger partial charge < -0.3 is 5.32 Å². The van der Waals surface area contributed by atoms with Gasteiger partial charge in [-0.1, -0.05) is 110 Å². The zero-order valence-corrected chi connectivity index (χ0v) is 23.9. The van der Waals surface area contributed by atoms with Crippen LogP contribution in [0, 0.1) is 0 Å². The van der Waals surface area contributed by atoms with E-state index in [1.54, 1.807) is 17.5 Å². The Labute approximate surface area is 243 Å². The normalized spacial score (nSPS) is 13.0. The highest BCUT2D eigenvalue weighted by atomic mass is 32.2. The van der Waals surface area contributed by atoms with Crippen LogP contribution in [0.15, 0.2) is 113 Å².